The molecule has 1 rings (SSSR count). The number of esters is 2. The van der Waals surface area contributed by atoms with Gasteiger partial charge in [0.1, 0.15) is 0 Å². The number of rotatable bonds is 4. The van der Waals surface area contributed by atoms with E-state index in [9.17, 15) is 9.59 Å². The molecule has 0 unspecified atom stereocenters. The first kappa shape index (κ1) is 14.0. The summed E-state index contributed by atoms with van der Waals surface area (Å²) in [7, 11) is 0. The molecule has 4 heteroatoms. The first-order valence-corrected chi connectivity index (χ1v) is 6.30. The Labute approximate surface area is 103 Å². The highest BCUT2D eigenvalue weighted by Gasteiger charge is 2.51. The molecule has 0 atom stereocenters. The van der Waals surface area contributed by atoms with Crippen molar-refractivity contribution in [3.05, 3.63) is 0 Å². The van der Waals surface area contributed by atoms with Crippen LogP contribution in [0.25, 0.3) is 0 Å². The summed E-state index contributed by atoms with van der Waals surface area (Å²) in [5.74, 6) is -0.841. The van der Waals surface area contributed by atoms with Gasteiger partial charge in [-0.2, -0.15) is 0 Å². The van der Waals surface area contributed by atoms with Crippen LogP contribution in [0.3, 0.4) is 0 Å². The van der Waals surface area contributed by atoms with Crippen molar-refractivity contribution >= 4 is 11.9 Å². The molecule has 1 aliphatic carbocycles. The fraction of sp³-hybridized carbons (Fsp3) is 0.846. The lowest BCUT2D eigenvalue weighted by Crippen LogP contribution is -2.41. The summed E-state index contributed by atoms with van der Waals surface area (Å²) < 4.78 is 10.4. The minimum atomic E-state index is -1.05. The van der Waals surface area contributed by atoms with Crippen molar-refractivity contribution in [1.29, 1.82) is 0 Å². The Morgan fingerprint density at radius 3 is 1.53 bits per heavy atom. The topological polar surface area (TPSA) is 52.6 Å². The maximum Gasteiger partial charge on any atom is 0.323 e. The number of carbonyl (C=O) groups excluding carboxylic acids is 2. The maximum absolute atomic E-state index is 12.1. The van der Waals surface area contributed by atoms with E-state index < -0.39 is 17.4 Å². The molecule has 4 nitrogen and oxygen atoms in total. The molecule has 0 heterocycles. The Morgan fingerprint density at radius 2 is 1.24 bits per heavy atom. The molecule has 0 aromatic heterocycles. The summed E-state index contributed by atoms with van der Waals surface area (Å²) in [5.41, 5.74) is -1.05. The van der Waals surface area contributed by atoms with Crippen LogP contribution in [0.5, 0.6) is 0 Å². The molecule has 0 N–H and O–H groups in total. The summed E-state index contributed by atoms with van der Waals surface area (Å²) in [6.45, 7) is 7.14. The van der Waals surface area contributed by atoms with E-state index in [1.165, 1.54) is 0 Å². The zero-order valence-corrected chi connectivity index (χ0v) is 11.1. The highest BCUT2D eigenvalue weighted by Crippen LogP contribution is 2.41. The van der Waals surface area contributed by atoms with E-state index in [1.807, 2.05) is 0 Å². The van der Waals surface area contributed by atoms with Crippen LogP contribution in [0.15, 0.2) is 0 Å². The molecule has 0 saturated heterocycles. The predicted octanol–water partition coefficient (Wildman–Crippen LogP) is 2.45. The molecule has 0 radical (unpaired) electrons. The van der Waals surface area contributed by atoms with Gasteiger partial charge in [-0.3, -0.25) is 9.59 Å². The van der Waals surface area contributed by atoms with Gasteiger partial charge >= 0.3 is 11.9 Å². The van der Waals surface area contributed by atoms with Crippen molar-refractivity contribution in [1.82, 2.24) is 0 Å². The Kier molecular flexibility index (Phi) is 4.54. The van der Waals surface area contributed by atoms with Crippen LogP contribution < -0.4 is 0 Å². The third-order valence-electron chi connectivity index (χ3n) is 2.92. The molecule has 0 aromatic carbocycles. The van der Waals surface area contributed by atoms with Gasteiger partial charge in [0.15, 0.2) is 5.41 Å². The SMILES string of the molecule is CC(C)OC(=O)C1(C(=O)OC(C)C)CCCC1. The summed E-state index contributed by atoms with van der Waals surface area (Å²) in [4.78, 5) is 24.2. The lowest BCUT2D eigenvalue weighted by Gasteiger charge is -2.26. The normalized spacial score (nSPS) is 18.5. The predicted molar refractivity (Wildman–Crippen MR) is 63.4 cm³/mol. The second-order valence-electron chi connectivity index (χ2n) is 5.20. The van der Waals surface area contributed by atoms with Crippen molar-refractivity contribution in [2.75, 3.05) is 0 Å². The molecule has 0 aromatic rings. The van der Waals surface area contributed by atoms with E-state index in [1.54, 1.807) is 27.7 Å². The highest BCUT2D eigenvalue weighted by molar-refractivity contribution is 6.00. The fourth-order valence-electron chi connectivity index (χ4n) is 2.12. The van der Waals surface area contributed by atoms with Gasteiger partial charge in [-0.05, 0) is 40.5 Å². The second kappa shape index (κ2) is 5.52. The van der Waals surface area contributed by atoms with Crippen molar-refractivity contribution in [2.45, 2.75) is 65.6 Å². The second-order valence-corrected chi connectivity index (χ2v) is 5.20. The van der Waals surface area contributed by atoms with Gasteiger partial charge in [0.25, 0.3) is 0 Å². The number of hydrogen-bond acceptors (Lipinski definition) is 4. The lowest BCUT2D eigenvalue weighted by atomic mass is 9.86. The Hall–Kier alpha value is -1.06. The minimum Gasteiger partial charge on any atom is -0.462 e. The Balaban J connectivity index is 2.82. The van der Waals surface area contributed by atoms with Gasteiger partial charge in [-0.25, -0.2) is 0 Å². The van der Waals surface area contributed by atoms with Crippen molar-refractivity contribution in [3.63, 3.8) is 0 Å². The smallest absolute Gasteiger partial charge is 0.323 e. The van der Waals surface area contributed by atoms with Crippen molar-refractivity contribution in [3.8, 4) is 0 Å². The standard InChI is InChI=1S/C13H22O4/c1-9(2)16-11(14)13(7-5-6-8-13)12(15)17-10(3)4/h9-10H,5-8H2,1-4H3. The number of hydrogen-bond donors (Lipinski definition) is 0. The molecule has 1 aliphatic rings. The van der Waals surface area contributed by atoms with E-state index in [4.69, 9.17) is 9.47 Å². The zero-order chi connectivity index (χ0) is 13.1. The fourth-order valence-corrected chi connectivity index (χ4v) is 2.12. The molecule has 0 amide bonds. The zero-order valence-electron chi connectivity index (χ0n) is 11.1. The van der Waals surface area contributed by atoms with Crippen LogP contribution in [0.4, 0.5) is 0 Å². The van der Waals surface area contributed by atoms with Crippen LogP contribution in [-0.4, -0.2) is 24.1 Å². The number of carbonyl (C=O) groups is 2. The van der Waals surface area contributed by atoms with Gasteiger partial charge in [-0.1, -0.05) is 12.8 Å². The van der Waals surface area contributed by atoms with Gasteiger partial charge in [0.2, 0.25) is 0 Å². The first-order valence-electron chi connectivity index (χ1n) is 6.30. The van der Waals surface area contributed by atoms with Gasteiger partial charge in [-0.15, -0.1) is 0 Å². The summed E-state index contributed by atoms with van der Waals surface area (Å²) in [6.07, 6.45) is 2.44. The van der Waals surface area contributed by atoms with Crippen LogP contribution in [0.1, 0.15) is 53.4 Å². The van der Waals surface area contributed by atoms with E-state index in [2.05, 4.69) is 0 Å². The average Bonchev–Trinajstić information content (AvgIpc) is 2.64. The lowest BCUT2D eigenvalue weighted by molar-refractivity contribution is -0.176. The molecular weight excluding hydrogens is 220 g/mol. The molecule has 0 bridgehead atoms. The molecular formula is C13H22O4. The Morgan fingerprint density at radius 1 is 0.882 bits per heavy atom. The van der Waals surface area contributed by atoms with Gasteiger partial charge in [0, 0.05) is 0 Å². The highest BCUT2D eigenvalue weighted by atomic mass is 16.6. The number of ether oxygens (including phenoxy) is 2. The summed E-state index contributed by atoms with van der Waals surface area (Å²) >= 11 is 0. The molecule has 1 fully saturated rings. The van der Waals surface area contributed by atoms with E-state index in [-0.39, 0.29) is 12.2 Å². The van der Waals surface area contributed by atoms with Gasteiger partial charge < -0.3 is 9.47 Å². The molecule has 1 saturated carbocycles. The van der Waals surface area contributed by atoms with Crippen LogP contribution in [0.2, 0.25) is 0 Å². The maximum atomic E-state index is 12.1. The van der Waals surface area contributed by atoms with Crippen molar-refractivity contribution in [2.24, 2.45) is 5.41 Å². The molecule has 17 heavy (non-hydrogen) atoms. The summed E-state index contributed by atoms with van der Waals surface area (Å²) in [5, 5.41) is 0. The van der Waals surface area contributed by atoms with Gasteiger partial charge in [0.05, 0.1) is 12.2 Å². The third-order valence-corrected chi connectivity index (χ3v) is 2.92. The monoisotopic (exact) mass is 242 g/mol. The largest absolute Gasteiger partial charge is 0.462 e. The average molecular weight is 242 g/mol. The van der Waals surface area contributed by atoms with E-state index >= 15 is 0 Å². The van der Waals surface area contributed by atoms with E-state index in [0.29, 0.717) is 12.8 Å². The van der Waals surface area contributed by atoms with Crippen molar-refractivity contribution < 1.29 is 19.1 Å². The molecule has 0 aliphatic heterocycles. The van der Waals surface area contributed by atoms with Crippen LogP contribution in [0, 0.1) is 5.41 Å². The quantitative estimate of drug-likeness (QED) is 0.561. The summed E-state index contributed by atoms with van der Waals surface area (Å²) in [6, 6.07) is 0. The molecule has 98 valence electrons. The first-order chi connectivity index (χ1) is 7.88. The third kappa shape index (κ3) is 3.20. The van der Waals surface area contributed by atoms with Crippen LogP contribution >= 0.6 is 0 Å². The molecule has 0 spiro atoms. The van der Waals surface area contributed by atoms with Crippen LogP contribution in [-0.2, 0) is 19.1 Å². The minimum absolute atomic E-state index is 0.202. The Bertz CT molecular complexity index is 264. The van der Waals surface area contributed by atoms with E-state index in [0.717, 1.165) is 12.8 Å².